The zero-order valence-corrected chi connectivity index (χ0v) is 14.2. The molecule has 3 rings (SSSR count). The van der Waals surface area contributed by atoms with Gasteiger partial charge >= 0.3 is 6.03 Å². The van der Waals surface area contributed by atoms with Crippen LogP contribution in [0.5, 0.6) is 0 Å². The third kappa shape index (κ3) is 2.73. The lowest BCUT2D eigenvalue weighted by Gasteiger charge is -2.30. The molecule has 0 aromatic carbocycles. The predicted molar refractivity (Wildman–Crippen MR) is 87.1 cm³/mol. The molecule has 2 heterocycles. The number of nitrogens with zero attached hydrogens (tertiary/aromatic N) is 1. The molecule has 7 heteroatoms. The minimum Gasteiger partial charge on any atom is -0.322 e. The number of hydrogen-bond acceptors (Lipinski definition) is 4. The van der Waals surface area contributed by atoms with Crippen LogP contribution in [0.15, 0.2) is 6.07 Å². The van der Waals surface area contributed by atoms with Crippen LogP contribution in [0, 0.1) is 6.92 Å². The van der Waals surface area contributed by atoms with Gasteiger partial charge in [0.1, 0.15) is 5.54 Å². The van der Waals surface area contributed by atoms with Gasteiger partial charge in [-0.25, -0.2) is 4.79 Å². The average molecular weight is 335 g/mol. The minimum atomic E-state index is -0.817. The Hall–Kier alpha value is -1.89. The van der Waals surface area contributed by atoms with E-state index in [-0.39, 0.29) is 5.91 Å². The number of thiophene rings is 1. The van der Waals surface area contributed by atoms with Crippen LogP contribution >= 0.6 is 11.3 Å². The Morgan fingerprint density at radius 1 is 1.35 bits per heavy atom. The Bertz CT molecular complexity index is 662. The number of imide groups is 1. The second-order valence-corrected chi connectivity index (χ2v) is 7.36. The first kappa shape index (κ1) is 16.0. The molecule has 1 aromatic heterocycles. The van der Waals surface area contributed by atoms with Gasteiger partial charge in [0, 0.05) is 4.88 Å². The van der Waals surface area contributed by atoms with Crippen molar-refractivity contribution in [1.82, 2.24) is 15.8 Å². The maximum Gasteiger partial charge on any atom is 0.344 e. The third-order valence-electron chi connectivity index (χ3n) is 4.65. The number of carbonyl (C=O) groups is 3. The number of nitrogens with one attached hydrogen (secondary N) is 2. The van der Waals surface area contributed by atoms with Crippen molar-refractivity contribution >= 4 is 29.2 Å². The average Bonchev–Trinajstić information content (AvgIpc) is 3.02. The first-order valence-electron chi connectivity index (χ1n) is 8.04. The van der Waals surface area contributed by atoms with Gasteiger partial charge in [-0.3, -0.25) is 15.0 Å². The molecule has 1 saturated carbocycles. The maximum atomic E-state index is 12.6. The standard InChI is InChI=1S/C16H21N3O3S/c1-3-11-10(2)9-12(23-11)13(20)18-19-14(21)16(17-15(19)22)7-5-4-6-8-16/h9H,3-8H2,1-2H3,(H,17,22)(H,18,20). The largest absolute Gasteiger partial charge is 0.344 e. The van der Waals surface area contributed by atoms with Crippen LogP contribution in [0.4, 0.5) is 4.79 Å². The van der Waals surface area contributed by atoms with Crippen molar-refractivity contribution in [2.45, 2.75) is 57.9 Å². The molecule has 1 saturated heterocycles. The molecule has 1 spiro atoms. The fourth-order valence-corrected chi connectivity index (χ4v) is 4.36. The van der Waals surface area contributed by atoms with Gasteiger partial charge in [0.15, 0.2) is 0 Å². The van der Waals surface area contributed by atoms with E-state index >= 15 is 0 Å². The van der Waals surface area contributed by atoms with Crippen LogP contribution < -0.4 is 10.7 Å². The zero-order valence-electron chi connectivity index (χ0n) is 13.4. The highest BCUT2D eigenvalue weighted by Gasteiger charge is 2.52. The van der Waals surface area contributed by atoms with E-state index in [1.54, 1.807) is 6.07 Å². The number of hydrogen-bond donors (Lipinski definition) is 2. The smallest absolute Gasteiger partial charge is 0.322 e. The van der Waals surface area contributed by atoms with E-state index in [2.05, 4.69) is 10.7 Å². The summed E-state index contributed by atoms with van der Waals surface area (Å²) in [5.74, 6) is -0.742. The van der Waals surface area contributed by atoms with Gasteiger partial charge in [-0.2, -0.15) is 5.01 Å². The van der Waals surface area contributed by atoms with Crippen molar-refractivity contribution in [3.8, 4) is 0 Å². The second kappa shape index (κ2) is 5.96. The highest BCUT2D eigenvalue weighted by atomic mass is 32.1. The quantitative estimate of drug-likeness (QED) is 0.833. The van der Waals surface area contributed by atoms with Gasteiger partial charge in [-0.05, 0) is 37.8 Å². The fourth-order valence-electron chi connectivity index (χ4n) is 3.36. The lowest BCUT2D eigenvalue weighted by Crippen LogP contribution is -2.50. The van der Waals surface area contributed by atoms with Crippen molar-refractivity contribution in [2.75, 3.05) is 0 Å². The Balaban J connectivity index is 1.75. The summed E-state index contributed by atoms with van der Waals surface area (Å²) in [5.41, 5.74) is 2.72. The number of hydrazine groups is 1. The topological polar surface area (TPSA) is 78.5 Å². The van der Waals surface area contributed by atoms with Crippen LogP contribution in [-0.2, 0) is 11.2 Å². The van der Waals surface area contributed by atoms with Crippen LogP contribution in [0.1, 0.15) is 59.1 Å². The van der Waals surface area contributed by atoms with E-state index < -0.39 is 17.5 Å². The SMILES string of the molecule is CCc1sc(C(=O)NN2C(=O)NC3(CCCCC3)C2=O)cc1C. The van der Waals surface area contributed by atoms with E-state index in [0.717, 1.165) is 41.1 Å². The summed E-state index contributed by atoms with van der Waals surface area (Å²) in [6.07, 6.45) is 5.04. The number of carbonyl (C=O) groups excluding carboxylic acids is 3. The van der Waals surface area contributed by atoms with Crippen molar-refractivity contribution < 1.29 is 14.4 Å². The molecule has 6 nitrogen and oxygen atoms in total. The Morgan fingerprint density at radius 3 is 2.65 bits per heavy atom. The molecule has 23 heavy (non-hydrogen) atoms. The molecule has 0 unspecified atom stereocenters. The van der Waals surface area contributed by atoms with Crippen molar-refractivity contribution in [2.24, 2.45) is 0 Å². The summed E-state index contributed by atoms with van der Waals surface area (Å²) in [6, 6.07) is 1.27. The lowest BCUT2D eigenvalue weighted by atomic mass is 9.82. The first-order chi connectivity index (χ1) is 11.0. The Labute approximate surface area is 139 Å². The summed E-state index contributed by atoms with van der Waals surface area (Å²) in [7, 11) is 0. The summed E-state index contributed by atoms with van der Waals surface area (Å²) >= 11 is 1.40. The highest BCUT2D eigenvalue weighted by molar-refractivity contribution is 7.14. The molecule has 1 aliphatic carbocycles. The van der Waals surface area contributed by atoms with Gasteiger partial charge in [-0.15, -0.1) is 11.3 Å². The fraction of sp³-hybridized carbons (Fsp3) is 0.562. The number of amides is 4. The Kier molecular flexibility index (Phi) is 4.14. The molecule has 1 aromatic rings. The molecular weight excluding hydrogens is 314 g/mol. The molecule has 2 N–H and O–H groups in total. The highest BCUT2D eigenvalue weighted by Crippen LogP contribution is 2.33. The van der Waals surface area contributed by atoms with Crippen LogP contribution in [0.3, 0.4) is 0 Å². The van der Waals surface area contributed by atoms with Gasteiger partial charge in [-0.1, -0.05) is 26.2 Å². The van der Waals surface area contributed by atoms with Crippen LogP contribution in [0.25, 0.3) is 0 Å². The molecule has 2 fully saturated rings. The molecule has 4 amide bonds. The van der Waals surface area contributed by atoms with Crippen molar-refractivity contribution in [3.63, 3.8) is 0 Å². The summed E-state index contributed by atoms with van der Waals surface area (Å²) < 4.78 is 0. The first-order valence-corrected chi connectivity index (χ1v) is 8.85. The van der Waals surface area contributed by atoms with E-state index in [4.69, 9.17) is 0 Å². The lowest BCUT2D eigenvalue weighted by molar-refractivity contribution is -0.134. The van der Waals surface area contributed by atoms with Gasteiger partial charge in [0.2, 0.25) is 0 Å². The molecule has 124 valence electrons. The zero-order chi connectivity index (χ0) is 16.6. The number of rotatable bonds is 3. The van der Waals surface area contributed by atoms with Crippen LogP contribution in [-0.4, -0.2) is 28.4 Å². The molecule has 0 atom stereocenters. The molecule has 0 bridgehead atoms. The Morgan fingerprint density at radius 2 is 2.04 bits per heavy atom. The van der Waals surface area contributed by atoms with Crippen molar-refractivity contribution in [3.05, 3.63) is 21.4 Å². The van der Waals surface area contributed by atoms with Crippen molar-refractivity contribution in [1.29, 1.82) is 0 Å². The summed E-state index contributed by atoms with van der Waals surface area (Å²) in [6.45, 7) is 3.99. The van der Waals surface area contributed by atoms with E-state index in [9.17, 15) is 14.4 Å². The predicted octanol–water partition coefficient (Wildman–Crippen LogP) is 2.52. The minimum absolute atomic E-state index is 0.334. The van der Waals surface area contributed by atoms with E-state index in [1.807, 2.05) is 13.8 Å². The van der Waals surface area contributed by atoms with E-state index in [0.29, 0.717) is 17.7 Å². The number of urea groups is 1. The van der Waals surface area contributed by atoms with Gasteiger partial charge in [0.25, 0.3) is 11.8 Å². The molecular formula is C16H21N3O3S. The second-order valence-electron chi connectivity index (χ2n) is 6.22. The molecule has 2 aliphatic rings. The molecule has 1 aliphatic heterocycles. The van der Waals surface area contributed by atoms with Gasteiger partial charge in [0.05, 0.1) is 4.88 Å². The monoisotopic (exact) mass is 335 g/mol. The molecule has 0 radical (unpaired) electrons. The summed E-state index contributed by atoms with van der Waals surface area (Å²) in [4.78, 5) is 38.8. The summed E-state index contributed by atoms with van der Waals surface area (Å²) in [5, 5.41) is 3.64. The number of aryl methyl sites for hydroxylation is 2. The van der Waals surface area contributed by atoms with E-state index in [1.165, 1.54) is 11.3 Å². The normalized spacial score (nSPS) is 20.0. The van der Waals surface area contributed by atoms with Crippen LogP contribution in [0.2, 0.25) is 0 Å². The maximum absolute atomic E-state index is 12.6. The van der Waals surface area contributed by atoms with Gasteiger partial charge < -0.3 is 5.32 Å². The third-order valence-corrected chi connectivity index (χ3v) is 6.03.